The Morgan fingerprint density at radius 1 is 1.00 bits per heavy atom. The molecule has 0 spiro atoms. The van der Waals surface area contributed by atoms with Crippen LogP contribution in [-0.4, -0.2) is 23.1 Å². The Kier molecular flexibility index (Phi) is 6.21. The van der Waals surface area contributed by atoms with Crippen molar-refractivity contribution in [2.45, 2.75) is 39.2 Å². The Bertz CT molecular complexity index is 726. The molecule has 1 amide bonds. The van der Waals surface area contributed by atoms with E-state index < -0.39 is 0 Å². The third-order valence-electron chi connectivity index (χ3n) is 5.32. The van der Waals surface area contributed by atoms with Crippen molar-refractivity contribution < 1.29 is 9.59 Å². The fourth-order valence-electron chi connectivity index (χ4n) is 3.70. The van der Waals surface area contributed by atoms with Crippen LogP contribution < -0.4 is 0 Å². The molecule has 0 aliphatic heterocycles. The highest BCUT2D eigenvalue weighted by Crippen LogP contribution is 2.28. The topological polar surface area (TPSA) is 37.4 Å². The van der Waals surface area contributed by atoms with E-state index in [9.17, 15) is 9.59 Å². The number of Topliss-reactive ketones (excluding diaryl/α,β-unsaturated/α-hetero) is 1. The third kappa shape index (κ3) is 4.81. The molecular formula is C23H27NO2. The minimum Gasteiger partial charge on any atom is -0.338 e. The van der Waals surface area contributed by atoms with Gasteiger partial charge in [0.15, 0.2) is 0 Å². The number of amides is 1. The highest BCUT2D eigenvalue weighted by Gasteiger charge is 2.32. The molecule has 3 rings (SSSR count). The average Bonchev–Trinajstić information content (AvgIpc) is 2.68. The molecular weight excluding hydrogens is 322 g/mol. The highest BCUT2D eigenvalue weighted by atomic mass is 16.2. The van der Waals surface area contributed by atoms with Crippen molar-refractivity contribution >= 4 is 11.7 Å². The molecule has 0 N–H and O–H groups in total. The molecule has 3 nitrogen and oxygen atoms in total. The minimum atomic E-state index is -0.0258. The number of carbonyl (C=O) groups excluding carboxylic acids is 2. The van der Waals surface area contributed by atoms with Crippen molar-refractivity contribution in [1.82, 2.24) is 4.90 Å². The lowest BCUT2D eigenvalue weighted by atomic mass is 9.80. The molecule has 0 unspecified atom stereocenters. The lowest BCUT2D eigenvalue weighted by Crippen LogP contribution is -2.40. The largest absolute Gasteiger partial charge is 0.338 e. The second-order valence-electron chi connectivity index (χ2n) is 7.32. The second kappa shape index (κ2) is 8.79. The SMILES string of the molecule is C[C@@H]1C[C@@H](C(=O)N(CCc2ccccc2)Cc2ccccc2)CCC1=O. The van der Waals surface area contributed by atoms with Crippen LogP contribution in [0.1, 0.15) is 37.3 Å². The summed E-state index contributed by atoms with van der Waals surface area (Å²) in [5, 5.41) is 0. The summed E-state index contributed by atoms with van der Waals surface area (Å²) < 4.78 is 0. The summed E-state index contributed by atoms with van der Waals surface area (Å²) in [5.74, 6) is 0.477. The predicted molar refractivity (Wildman–Crippen MR) is 104 cm³/mol. The molecule has 26 heavy (non-hydrogen) atoms. The van der Waals surface area contributed by atoms with Crippen LogP contribution in [0.15, 0.2) is 60.7 Å². The van der Waals surface area contributed by atoms with Crippen molar-refractivity contribution in [2.75, 3.05) is 6.54 Å². The first-order chi connectivity index (χ1) is 12.6. The van der Waals surface area contributed by atoms with Gasteiger partial charge in [0.05, 0.1) is 0 Å². The summed E-state index contributed by atoms with van der Waals surface area (Å²) in [4.78, 5) is 27.0. The zero-order valence-corrected chi connectivity index (χ0v) is 15.4. The highest BCUT2D eigenvalue weighted by molar-refractivity contribution is 5.86. The van der Waals surface area contributed by atoms with E-state index in [-0.39, 0.29) is 17.7 Å². The molecule has 136 valence electrons. The van der Waals surface area contributed by atoms with Crippen molar-refractivity contribution in [2.24, 2.45) is 11.8 Å². The van der Waals surface area contributed by atoms with Gasteiger partial charge in [-0.3, -0.25) is 9.59 Å². The fourth-order valence-corrected chi connectivity index (χ4v) is 3.70. The van der Waals surface area contributed by atoms with Crippen LogP contribution in [0, 0.1) is 11.8 Å². The van der Waals surface area contributed by atoms with E-state index in [1.165, 1.54) is 5.56 Å². The van der Waals surface area contributed by atoms with Gasteiger partial charge in [0.1, 0.15) is 5.78 Å². The summed E-state index contributed by atoms with van der Waals surface area (Å²) in [5.41, 5.74) is 2.39. The van der Waals surface area contributed by atoms with E-state index in [0.29, 0.717) is 38.1 Å². The van der Waals surface area contributed by atoms with Gasteiger partial charge in [-0.25, -0.2) is 0 Å². The van der Waals surface area contributed by atoms with Crippen LogP contribution in [-0.2, 0) is 22.6 Å². The number of rotatable bonds is 6. The fraction of sp³-hybridized carbons (Fsp3) is 0.391. The molecule has 1 aliphatic rings. The van der Waals surface area contributed by atoms with Crippen LogP contribution in [0.25, 0.3) is 0 Å². The van der Waals surface area contributed by atoms with Gasteiger partial charge in [-0.2, -0.15) is 0 Å². The summed E-state index contributed by atoms with van der Waals surface area (Å²) in [7, 11) is 0. The molecule has 0 heterocycles. The third-order valence-corrected chi connectivity index (χ3v) is 5.32. The molecule has 1 saturated carbocycles. The van der Waals surface area contributed by atoms with E-state index in [0.717, 1.165) is 12.0 Å². The van der Waals surface area contributed by atoms with Gasteiger partial charge in [0, 0.05) is 31.3 Å². The van der Waals surface area contributed by atoms with Crippen LogP contribution in [0.5, 0.6) is 0 Å². The van der Waals surface area contributed by atoms with E-state index in [1.54, 1.807) is 0 Å². The molecule has 0 aromatic heterocycles. The first-order valence-corrected chi connectivity index (χ1v) is 9.53. The molecule has 2 aromatic rings. The molecule has 1 fully saturated rings. The van der Waals surface area contributed by atoms with Crippen LogP contribution in [0.2, 0.25) is 0 Å². The van der Waals surface area contributed by atoms with Gasteiger partial charge in [-0.15, -0.1) is 0 Å². The van der Waals surface area contributed by atoms with Gasteiger partial charge in [-0.1, -0.05) is 67.6 Å². The molecule has 0 saturated heterocycles. The number of carbonyl (C=O) groups is 2. The number of ketones is 1. The monoisotopic (exact) mass is 349 g/mol. The van der Waals surface area contributed by atoms with Crippen molar-refractivity contribution in [3.05, 3.63) is 71.8 Å². The Balaban J connectivity index is 1.71. The summed E-state index contributed by atoms with van der Waals surface area (Å²) >= 11 is 0. The predicted octanol–water partition coefficient (Wildman–Crippen LogP) is 4.26. The molecule has 2 atom stereocenters. The number of benzene rings is 2. The standard InChI is InChI=1S/C23H27NO2/c1-18-16-21(12-13-22(18)25)23(26)24(17-20-10-6-3-7-11-20)15-14-19-8-4-2-5-9-19/h2-11,18,21H,12-17H2,1H3/t18-,21+/m1/s1. The Morgan fingerprint density at radius 3 is 2.23 bits per heavy atom. The quantitative estimate of drug-likeness (QED) is 0.781. The molecule has 2 aromatic carbocycles. The van der Waals surface area contributed by atoms with E-state index in [2.05, 4.69) is 24.3 Å². The van der Waals surface area contributed by atoms with Crippen LogP contribution >= 0.6 is 0 Å². The Morgan fingerprint density at radius 2 is 1.62 bits per heavy atom. The molecule has 0 bridgehead atoms. The van der Waals surface area contributed by atoms with Gasteiger partial charge in [0.25, 0.3) is 0 Å². The summed E-state index contributed by atoms with van der Waals surface area (Å²) in [6.45, 7) is 3.29. The van der Waals surface area contributed by atoms with Crippen LogP contribution in [0.3, 0.4) is 0 Å². The normalized spacial score (nSPS) is 20.0. The maximum absolute atomic E-state index is 13.2. The maximum atomic E-state index is 13.2. The zero-order valence-electron chi connectivity index (χ0n) is 15.4. The van der Waals surface area contributed by atoms with Crippen LogP contribution in [0.4, 0.5) is 0 Å². The molecule has 3 heteroatoms. The van der Waals surface area contributed by atoms with Gasteiger partial charge in [-0.05, 0) is 30.4 Å². The van der Waals surface area contributed by atoms with Crippen molar-refractivity contribution in [3.8, 4) is 0 Å². The molecule has 0 radical (unpaired) electrons. The smallest absolute Gasteiger partial charge is 0.226 e. The van der Waals surface area contributed by atoms with Gasteiger partial charge < -0.3 is 4.90 Å². The summed E-state index contributed by atoms with van der Waals surface area (Å²) in [6.07, 6.45) is 2.77. The van der Waals surface area contributed by atoms with E-state index >= 15 is 0 Å². The Hall–Kier alpha value is -2.42. The number of hydrogen-bond donors (Lipinski definition) is 0. The van der Waals surface area contributed by atoms with Gasteiger partial charge >= 0.3 is 0 Å². The average molecular weight is 349 g/mol. The number of hydrogen-bond acceptors (Lipinski definition) is 2. The van der Waals surface area contributed by atoms with Crippen molar-refractivity contribution in [1.29, 1.82) is 0 Å². The second-order valence-corrected chi connectivity index (χ2v) is 7.32. The lowest BCUT2D eigenvalue weighted by molar-refractivity contribution is -0.139. The zero-order chi connectivity index (χ0) is 18.4. The number of nitrogens with zero attached hydrogens (tertiary/aromatic N) is 1. The molecule has 1 aliphatic carbocycles. The maximum Gasteiger partial charge on any atom is 0.226 e. The van der Waals surface area contributed by atoms with E-state index in [4.69, 9.17) is 0 Å². The van der Waals surface area contributed by atoms with E-state index in [1.807, 2.05) is 48.2 Å². The lowest BCUT2D eigenvalue weighted by Gasteiger charge is -2.31. The summed E-state index contributed by atoms with van der Waals surface area (Å²) in [6, 6.07) is 20.4. The van der Waals surface area contributed by atoms with Crippen molar-refractivity contribution in [3.63, 3.8) is 0 Å². The Labute approximate surface area is 156 Å². The first-order valence-electron chi connectivity index (χ1n) is 9.53. The minimum absolute atomic E-state index is 0.00500. The first kappa shape index (κ1) is 18.4. The van der Waals surface area contributed by atoms with Gasteiger partial charge in [0.2, 0.25) is 5.91 Å².